The highest BCUT2D eigenvalue weighted by atomic mass is 16.3. The first-order valence-electron chi connectivity index (χ1n) is 5.71. The van der Waals surface area contributed by atoms with Crippen molar-refractivity contribution in [2.75, 3.05) is 0 Å². The van der Waals surface area contributed by atoms with Crippen LogP contribution in [0.2, 0.25) is 0 Å². The summed E-state index contributed by atoms with van der Waals surface area (Å²) in [5, 5.41) is 16.9. The predicted molar refractivity (Wildman–Crippen MR) is 58.4 cm³/mol. The van der Waals surface area contributed by atoms with E-state index in [0.29, 0.717) is 6.04 Å². The molecule has 0 aliphatic heterocycles. The van der Waals surface area contributed by atoms with Gasteiger partial charge in [0.25, 0.3) is 0 Å². The maximum atomic E-state index is 9.16. The number of aromatic nitrogens is 2. The third kappa shape index (κ3) is 2.58. The van der Waals surface area contributed by atoms with Crippen molar-refractivity contribution in [2.45, 2.75) is 51.4 Å². The molecular formula is C11H19N3O. The lowest BCUT2D eigenvalue weighted by atomic mass is 9.89. The lowest BCUT2D eigenvalue weighted by molar-refractivity contribution is 0.0616. The van der Waals surface area contributed by atoms with Crippen molar-refractivity contribution < 1.29 is 5.11 Å². The first-order valence-corrected chi connectivity index (χ1v) is 5.71. The largest absolute Gasteiger partial charge is 0.393 e. The number of aliphatic hydroxyl groups excluding tert-OH is 1. The highest BCUT2D eigenvalue weighted by molar-refractivity contribution is 5.01. The summed E-state index contributed by atoms with van der Waals surface area (Å²) in [6.45, 7) is 4.00. The standard InChI is InChI=1S/C11H19N3O/c1-2-5-14-10(3-4-13-14)8-12-9-6-11(15)7-9/h3-4,9,11-12,15H,2,5-8H2,1H3. The summed E-state index contributed by atoms with van der Waals surface area (Å²) in [6.07, 6.45) is 4.66. The van der Waals surface area contributed by atoms with Gasteiger partial charge in [0.2, 0.25) is 0 Å². The number of nitrogens with one attached hydrogen (secondary N) is 1. The number of hydrogen-bond acceptors (Lipinski definition) is 3. The molecular weight excluding hydrogens is 190 g/mol. The van der Waals surface area contributed by atoms with Crippen molar-refractivity contribution in [3.05, 3.63) is 18.0 Å². The van der Waals surface area contributed by atoms with Gasteiger partial charge < -0.3 is 10.4 Å². The van der Waals surface area contributed by atoms with E-state index in [0.717, 1.165) is 32.4 Å². The van der Waals surface area contributed by atoms with Crippen LogP contribution < -0.4 is 5.32 Å². The van der Waals surface area contributed by atoms with Crippen molar-refractivity contribution in [1.29, 1.82) is 0 Å². The number of aliphatic hydroxyl groups is 1. The topological polar surface area (TPSA) is 50.1 Å². The average Bonchev–Trinajstić information content (AvgIpc) is 2.59. The van der Waals surface area contributed by atoms with Crippen LogP contribution in [0.4, 0.5) is 0 Å². The van der Waals surface area contributed by atoms with Crippen LogP contribution in [-0.2, 0) is 13.1 Å². The molecule has 15 heavy (non-hydrogen) atoms. The molecule has 1 heterocycles. The van der Waals surface area contributed by atoms with Gasteiger partial charge in [0, 0.05) is 25.3 Å². The minimum atomic E-state index is -0.0805. The second kappa shape index (κ2) is 4.77. The molecule has 4 heteroatoms. The average molecular weight is 209 g/mol. The van der Waals surface area contributed by atoms with Crippen molar-refractivity contribution in [3.8, 4) is 0 Å². The Bertz CT molecular complexity index is 305. The summed E-state index contributed by atoms with van der Waals surface area (Å²) in [4.78, 5) is 0. The van der Waals surface area contributed by atoms with Gasteiger partial charge in [-0.25, -0.2) is 0 Å². The fraction of sp³-hybridized carbons (Fsp3) is 0.727. The van der Waals surface area contributed by atoms with E-state index < -0.39 is 0 Å². The fourth-order valence-electron chi connectivity index (χ4n) is 1.93. The lowest BCUT2D eigenvalue weighted by Crippen LogP contribution is -2.43. The molecule has 0 atom stereocenters. The quantitative estimate of drug-likeness (QED) is 0.757. The molecule has 0 bridgehead atoms. The number of rotatable bonds is 5. The molecule has 0 radical (unpaired) electrons. The second-order valence-electron chi connectivity index (χ2n) is 4.25. The van der Waals surface area contributed by atoms with Crippen LogP contribution in [0.5, 0.6) is 0 Å². The minimum absolute atomic E-state index is 0.0805. The van der Waals surface area contributed by atoms with Crippen molar-refractivity contribution in [2.24, 2.45) is 0 Å². The monoisotopic (exact) mass is 209 g/mol. The first-order chi connectivity index (χ1) is 7.29. The molecule has 2 rings (SSSR count). The Balaban J connectivity index is 1.79. The van der Waals surface area contributed by atoms with Gasteiger partial charge in [-0.1, -0.05) is 6.92 Å². The maximum Gasteiger partial charge on any atom is 0.0570 e. The molecule has 1 aromatic heterocycles. The van der Waals surface area contributed by atoms with Crippen LogP contribution in [0.3, 0.4) is 0 Å². The van der Waals surface area contributed by atoms with E-state index in [9.17, 15) is 0 Å². The van der Waals surface area contributed by atoms with Crippen LogP contribution in [-0.4, -0.2) is 27.0 Å². The molecule has 2 N–H and O–H groups in total. The molecule has 1 saturated carbocycles. The van der Waals surface area contributed by atoms with E-state index >= 15 is 0 Å². The zero-order valence-corrected chi connectivity index (χ0v) is 9.19. The highest BCUT2D eigenvalue weighted by Crippen LogP contribution is 2.19. The zero-order valence-electron chi connectivity index (χ0n) is 9.19. The van der Waals surface area contributed by atoms with Gasteiger partial charge in [0.05, 0.1) is 11.8 Å². The third-order valence-electron chi connectivity index (χ3n) is 2.92. The molecule has 0 spiro atoms. The molecule has 1 aromatic rings. The van der Waals surface area contributed by atoms with Gasteiger partial charge >= 0.3 is 0 Å². The van der Waals surface area contributed by atoms with Gasteiger partial charge in [-0.2, -0.15) is 5.10 Å². The van der Waals surface area contributed by atoms with E-state index in [4.69, 9.17) is 5.11 Å². The maximum absolute atomic E-state index is 9.16. The molecule has 1 fully saturated rings. The molecule has 1 aliphatic carbocycles. The smallest absolute Gasteiger partial charge is 0.0570 e. The van der Waals surface area contributed by atoms with Gasteiger partial charge in [0.1, 0.15) is 0 Å². The van der Waals surface area contributed by atoms with Gasteiger partial charge in [-0.15, -0.1) is 0 Å². The molecule has 84 valence electrons. The van der Waals surface area contributed by atoms with Crippen molar-refractivity contribution >= 4 is 0 Å². The van der Waals surface area contributed by atoms with Gasteiger partial charge in [-0.3, -0.25) is 4.68 Å². The summed E-state index contributed by atoms with van der Waals surface area (Å²) in [5.74, 6) is 0. The summed E-state index contributed by atoms with van der Waals surface area (Å²) >= 11 is 0. The molecule has 0 saturated heterocycles. The molecule has 1 aliphatic rings. The molecule has 0 unspecified atom stereocenters. The summed E-state index contributed by atoms with van der Waals surface area (Å²) in [7, 11) is 0. The summed E-state index contributed by atoms with van der Waals surface area (Å²) in [6, 6.07) is 2.54. The number of nitrogens with zero attached hydrogens (tertiary/aromatic N) is 2. The van der Waals surface area contributed by atoms with Gasteiger partial charge in [-0.05, 0) is 25.3 Å². The second-order valence-corrected chi connectivity index (χ2v) is 4.25. The van der Waals surface area contributed by atoms with Gasteiger partial charge in [0.15, 0.2) is 0 Å². The Hall–Kier alpha value is -0.870. The Labute approximate surface area is 90.3 Å². The molecule has 4 nitrogen and oxygen atoms in total. The Morgan fingerprint density at radius 3 is 3.07 bits per heavy atom. The molecule has 0 aromatic carbocycles. The normalized spacial score (nSPS) is 25.2. The van der Waals surface area contributed by atoms with Crippen LogP contribution in [0, 0.1) is 0 Å². The summed E-state index contributed by atoms with van der Waals surface area (Å²) < 4.78 is 2.04. The Morgan fingerprint density at radius 1 is 1.60 bits per heavy atom. The lowest BCUT2D eigenvalue weighted by Gasteiger charge is -2.32. The van der Waals surface area contributed by atoms with Crippen LogP contribution in [0.25, 0.3) is 0 Å². The fourth-order valence-corrected chi connectivity index (χ4v) is 1.93. The SMILES string of the molecule is CCCn1nccc1CNC1CC(O)C1. The molecule has 0 amide bonds. The van der Waals surface area contributed by atoms with E-state index in [2.05, 4.69) is 23.4 Å². The van der Waals surface area contributed by atoms with Crippen molar-refractivity contribution in [1.82, 2.24) is 15.1 Å². The Morgan fingerprint density at radius 2 is 2.40 bits per heavy atom. The highest BCUT2D eigenvalue weighted by Gasteiger charge is 2.26. The van der Waals surface area contributed by atoms with Crippen molar-refractivity contribution in [3.63, 3.8) is 0 Å². The van der Waals surface area contributed by atoms with E-state index in [1.165, 1.54) is 5.69 Å². The summed E-state index contributed by atoms with van der Waals surface area (Å²) in [5.41, 5.74) is 1.23. The first kappa shape index (κ1) is 10.6. The zero-order chi connectivity index (χ0) is 10.7. The minimum Gasteiger partial charge on any atom is -0.393 e. The Kier molecular flexibility index (Phi) is 3.38. The van der Waals surface area contributed by atoms with E-state index in [1.54, 1.807) is 0 Å². The predicted octanol–water partition coefficient (Wildman–Crippen LogP) is 0.906. The number of aryl methyl sites for hydroxylation is 1. The van der Waals surface area contributed by atoms with Crippen LogP contribution in [0.1, 0.15) is 31.9 Å². The van der Waals surface area contributed by atoms with E-state index in [-0.39, 0.29) is 6.10 Å². The number of hydrogen-bond donors (Lipinski definition) is 2. The van der Waals surface area contributed by atoms with Crippen LogP contribution >= 0.6 is 0 Å². The van der Waals surface area contributed by atoms with Crippen LogP contribution in [0.15, 0.2) is 12.3 Å². The van der Waals surface area contributed by atoms with E-state index in [1.807, 2.05) is 10.9 Å². The third-order valence-corrected chi connectivity index (χ3v) is 2.92.